The predicted molar refractivity (Wildman–Crippen MR) is 94.6 cm³/mol. The second-order valence-electron chi connectivity index (χ2n) is 8.30. The van der Waals surface area contributed by atoms with Gasteiger partial charge in [-0.1, -0.05) is 33.1 Å². The number of amides is 3. The van der Waals surface area contributed by atoms with E-state index in [9.17, 15) is 14.4 Å². The van der Waals surface area contributed by atoms with Crippen molar-refractivity contribution in [2.24, 2.45) is 11.8 Å². The van der Waals surface area contributed by atoms with E-state index in [4.69, 9.17) is 0 Å². The zero-order valence-electron chi connectivity index (χ0n) is 15.4. The Morgan fingerprint density at radius 1 is 1.20 bits per heavy atom. The molecule has 2 aliphatic heterocycles. The molecule has 2 saturated heterocycles. The van der Waals surface area contributed by atoms with E-state index in [1.54, 1.807) is 4.90 Å². The number of piperidine rings is 1. The number of hydrogen-bond donors (Lipinski definition) is 2. The van der Waals surface area contributed by atoms with E-state index in [0.29, 0.717) is 25.3 Å². The van der Waals surface area contributed by atoms with E-state index in [-0.39, 0.29) is 29.7 Å². The zero-order valence-corrected chi connectivity index (χ0v) is 15.4. The van der Waals surface area contributed by atoms with Crippen molar-refractivity contribution >= 4 is 17.7 Å². The molecule has 0 aromatic rings. The van der Waals surface area contributed by atoms with Crippen LogP contribution in [0.5, 0.6) is 0 Å². The summed E-state index contributed by atoms with van der Waals surface area (Å²) in [5.41, 5.74) is 0. The minimum Gasteiger partial charge on any atom is -0.353 e. The van der Waals surface area contributed by atoms with Crippen molar-refractivity contribution in [1.29, 1.82) is 0 Å². The third-order valence-corrected chi connectivity index (χ3v) is 5.83. The van der Waals surface area contributed by atoms with E-state index in [2.05, 4.69) is 24.5 Å². The maximum absolute atomic E-state index is 12.6. The molecule has 3 atom stereocenters. The van der Waals surface area contributed by atoms with Crippen LogP contribution in [0.15, 0.2) is 0 Å². The summed E-state index contributed by atoms with van der Waals surface area (Å²) >= 11 is 0. The molecule has 25 heavy (non-hydrogen) atoms. The molecule has 3 unspecified atom stereocenters. The van der Waals surface area contributed by atoms with Crippen LogP contribution < -0.4 is 10.6 Å². The van der Waals surface area contributed by atoms with Gasteiger partial charge in [-0.15, -0.1) is 0 Å². The molecule has 3 aliphatic rings. The molecule has 3 rings (SSSR count). The highest BCUT2D eigenvalue weighted by atomic mass is 16.2. The summed E-state index contributed by atoms with van der Waals surface area (Å²) in [5.74, 6) is 0.595. The van der Waals surface area contributed by atoms with Crippen molar-refractivity contribution in [3.8, 4) is 0 Å². The van der Waals surface area contributed by atoms with Crippen LogP contribution >= 0.6 is 0 Å². The lowest BCUT2D eigenvalue weighted by Gasteiger charge is -2.44. The highest BCUT2D eigenvalue weighted by Crippen LogP contribution is 2.27. The van der Waals surface area contributed by atoms with Crippen LogP contribution in [0, 0.1) is 11.8 Å². The van der Waals surface area contributed by atoms with Crippen molar-refractivity contribution < 1.29 is 14.4 Å². The standard InChI is InChI=1S/C19H31N3O3/c1-12(2)10-15-19(25)22-9-8-14(11-16(22)18(24)21-15)20-17(23)13-6-4-3-5-7-13/h12-16H,3-11H2,1-2H3,(H,20,23)(H,21,24). The molecule has 0 bridgehead atoms. The van der Waals surface area contributed by atoms with Crippen molar-refractivity contribution in [2.45, 2.75) is 83.3 Å². The summed E-state index contributed by atoms with van der Waals surface area (Å²) in [6.07, 6.45) is 7.39. The van der Waals surface area contributed by atoms with Gasteiger partial charge in [0, 0.05) is 18.5 Å². The molecule has 1 saturated carbocycles. The highest BCUT2D eigenvalue weighted by Gasteiger charge is 2.44. The molecule has 0 aromatic carbocycles. The molecule has 6 heteroatoms. The van der Waals surface area contributed by atoms with E-state index in [0.717, 1.165) is 32.1 Å². The summed E-state index contributed by atoms with van der Waals surface area (Å²) < 4.78 is 0. The van der Waals surface area contributed by atoms with Crippen LogP contribution in [-0.2, 0) is 14.4 Å². The van der Waals surface area contributed by atoms with E-state index >= 15 is 0 Å². The first-order valence-corrected chi connectivity index (χ1v) is 9.87. The van der Waals surface area contributed by atoms with Crippen LogP contribution in [-0.4, -0.2) is 47.3 Å². The van der Waals surface area contributed by atoms with Gasteiger partial charge < -0.3 is 15.5 Å². The minimum atomic E-state index is -0.429. The summed E-state index contributed by atoms with van der Waals surface area (Å²) in [4.78, 5) is 39.3. The van der Waals surface area contributed by atoms with Crippen molar-refractivity contribution in [1.82, 2.24) is 15.5 Å². The Labute approximate surface area is 150 Å². The van der Waals surface area contributed by atoms with Crippen LogP contribution in [0.1, 0.15) is 65.2 Å². The van der Waals surface area contributed by atoms with Gasteiger partial charge in [0.25, 0.3) is 0 Å². The molecular formula is C19H31N3O3. The average Bonchev–Trinajstić information content (AvgIpc) is 2.60. The Kier molecular flexibility index (Phi) is 5.64. The van der Waals surface area contributed by atoms with Gasteiger partial charge in [-0.2, -0.15) is 0 Å². The lowest BCUT2D eigenvalue weighted by Crippen LogP contribution is -2.67. The monoisotopic (exact) mass is 349 g/mol. The SMILES string of the molecule is CC(C)CC1NC(=O)C2CC(NC(=O)C3CCCCC3)CCN2C1=O. The van der Waals surface area contributed by atoms with Crippen molar-refractivity contribution in [3.05, 3.63) is 0 Å². The van der Waals surface area contributed by atoms with E-state index in [1.165, 1.54) is 6.42 Å². The highest BCUT2D eigenvalue weighted by molar-refractivity contribution is 5.97. The normalized spacial score (nSPS) is 30.8. The molecule has 2 heterocycles. The van der Waals surface area contributed by atoms with Crippen LogP contribution in [0.25, 0.3) is 0 Å². The Balaban J connectivity index is 1.57. The fourth-order valence-electron chi connectivity index (χ4n) is 4.45. The average molecular weight is 349 g/mol. The number of piperazine rings is 1. The minimum absolute atomic E-state index is 0.00382. The molecule has 1 aliphatic carbocycles. The summed E-state index contributed by atoms with van der Waals surface area (Å²) in [6.45, 7) is 4.66. The number of carbonyl (C=O) groups is 3. The summed E-state index contributed by atoms with van der Waals surface area (Å²) in [5, 5.41) is 6.03. The quantitative estimate of drug-likeness (QED) is 0.809. The number of nitrogens with one attached hydrogen (secondary N) is 2. The first-order chi connectivity index (χ1) is 12.0. The smallest absolute Gasteiger partial charge is 0.245 e. The number of rotatable bonds is 4. The third kappa shape index (κ3) is 4.15. The largest absolute Gasteiger partial charge is 0.353 e. The first-order valence-electron chi connectivity index (χ1n) is 9.87. The fourth-order valence-corrected chi connectivity index (χ4v) is 4.45. The number of fused-ring (bicyclic) bond motifs is 1. The van der Waals surface area contributed by atoms with E-state index in [1.807, 2.05) is 0 Å². The molecule has 0 spiro atoms. The van der Waals surface area contributed by atoms with Crippen molar-refractivity contribution in [2.75, 3.05) is 6.54 Å². The maximum Gasteiger partial charge on any atom is 0.245 e. The predicted octanol–water partition coefficient (Wildman–Crippen LogP) is 1.59. The summed E-state index contributed by atoms with van der Waals surface area (Å²) in [7, 11) is 0. The number of nitrogens with zero attached hydrogens (tertiary/aromatic N) is 1. The maximum atomic E-state index is 12.6. The second-order valence-corrected chi connectivity index (χ2v) is 8.30. The summed E-state index contributed by atoms with van der Waals surface area (Å²) in [6, 6.07) is -0.825. The van der Waals surface area contributed by atoms with E-state index < -0.39 is 12.1 Å². The lowest BCUT2D eigenvalue weighted by atomic mass is 9.87. The molecule has 3 fully saturated rings. The first kappa shape index (κ1) is 18.2. The third-order valence-electron chi connectivity index (χ3n) is 5.83. The Morgan fingerprint density at radius 3 is 2.60 bits per heavy atom. The molecule has 6 nitrogen and oxygen atoms in total. The van der Waals surface area contributed by atoms with Gasteiger partial charge in [0.1, 0.15) is 12.1 Å². The van der Waals surface area contributed by atoms with Gasteiger partial charge >= 0.3 is 0 Å². The molecule has 2 N–H and O–H groups in total. The fraction of sp³-hybridized carbons (Fsp3) is 0.842. The zero-order chi connectivity index (χ0) is 18.0. The molecule has 0 aromatic heterocycles. The van der Waals surface area contributed by atoms with Gasteiger partial charge in [0.05, 0.1) is 0 Å². The van der Waals surface area contributed by atoms with Crippen molar-refractivity contribution in [3.63, 3.8) is 0 Å². The number of carbonyl (C=O) groups excluding carboxylic acids is 3. The Bertz CT molecular complexity index is 528. The Morgan fingerprint density at radius 2 is 1.92 bits per heavy atom. The lowest BCUT2D eigenvalue weighted by molar-refractivity contribution is -0.152. The van der Waals surface area contributed by atoms with Crippen LogP contribution in [0.3, 0.4) is 0 Å². The van der Waals surface area contributed by atoms with Gasteiger partial charge in [0.15, 0.2) is 0 Å². The van der Waals surface area contributed by atoms with Gasteiger partial charge in [0.2, 0.25) is 17.7 Å². The molecule has 0 radical (unpaired) electrons. The van der Waals surface area contributed by atoms with Gasteiger partial charge in [-0.25, -0.2) is 0 Å². The molecular weight excluding hydrogens is 318 g/mol. The molecule has 140 valence electrons. The number of hydrogen-bond acceptors (Lipinski definition) is 3. The van der Waals surface area contributed by atoms with Gasteiger partial charge in [-0.3, -0.25) is 14.4 Å². The second kappa shape index (κ2) is 7.75. The molecule has 3 amide bonds. The van der Waals surface area contributed by atoms with Crippen LogP contribution in [0.2, 0.25) is 0 Å². The van der Waals surface area contributed by atoms with Crippen LogP contribution in [0.4, 0.5) is 0 Å². The Hall–Kier alpha value is -1.59. The topological polar surface area (TPSA) is 78.5 Å². The van der Waals surface area contributed by atoms with Gasteiger partial charge in [-0.05, 0) is 38.0 Å².